The van der Waals surface area contributed by atoms with Gasteiger partial charge in [0.2, 0.25) is 0 Å². The first-order valence-corrected chi connectivity index (χ1v) is 14.3. The third kappa shape index (κ3) is 7.55. The lowest BCUT2D eigenvalue weighted by Crippen LogP contribution is -2.39. The molecule has 2 aromatic carbocycles. The van der Waals surface area contributed by atoms with E-state index in [1.807, 2.05) is 24.3 Å². The van der Waals surface area contributed by atoms with Crippen LogP contribution in [0.2, 0.25) is 5.02 Å². The standard InChI is InChI=1S/C31H40ClN3O4/c1-4-27(25-11-13-26(32)14-12-25)34(21-23-8-6-5-7-9-23)22-24-10-15-28(29(20-24)38-3)39-19-18-35-30(36)16-17-33(2)31(35)37/h10-17,20,23,27H,4-9,18-19,21-22H2,1-3H3. The minimum Gasteiger partial charge on any atom is -0.493 e. The van der Waals surface area contributed by atoms with Gasteiger partial charge >= 0.3 is 5.69 Å². The summed E-state index contributed by atoms with van der Waals surface area (Å²) in [5, 5.41) is 0.755. The molecule has 1 aliphatic carbocycles. The van der Waals surface area contributed by atoms with Gasteiger partial charge in [0.15, 0.2) is 11.5 Å². The van der Waals surface area contributed by atoms with Crippen molar-refractivity contribution < 1.29 is 9.47 Å². The third-order valence-corrected chi connectivity index (χ3v) is 7.98. The van der Waals surface area contributed by atoms with Gasteiger partial charge in [-0.2, -0.15) is 0 Å². The maximum Gasteiger partial charge on any atom is 0.330 e. The van der Waals surface area contributed by atoms with Crippen LogP contribution in [0.5, 0.6) is 11.5 Å². The van der Waals surface area contributed by atoms with Gasteiger partial charge in [-0.1, -0.05) is 56.0 Å². The average Bonchev–Trinajstić information content (AvgIpc) is 2.95. The molecule has 8 heteroatoms. The first-order chi connectivity index (χ1) is 18.9. The van der Waals surface area contributed by atoms with Crippen molar-refractivity contribution in [1.29, 1.82) is 0 Å². The molecule has 0 spiro atoms. The molecule has 1 aromatic heterocycles. The molecule has 210 valence electrons. The van der Waals surface area contributed by atoms with Gasteiger partial charge in [0.05, 0.1) is 13.7 Å². The van der Waals surface area contributed by atoms with Gasteiger partial charge in [-0.15, -0.1) is 0 Å². The second-order valence-electron chi connectivity index (χ2n) is 10.4. The second kappa shape index (κ2) is 13.9. The summed E-state index contributed by atoms with van der Waals surface area (Å²) < 4.78 is 14.2. The first-order valence-electron chi connectivity index (χ1n) is 13.9. The number of benzene rings is 2. The zero-order chi connectivity index (χ0) is 27.8. The molecule has 0 radical (unpaired) electrons. The quantitative estimate of drug-likeness (QED) is 0.283. The Balaban J connectivity index is 1.50. The number of aryl methyl sites for hydroxylation is 1. The van der Waals surface area contributed by atoms with Gasteiger partial charge in [-0.05, 0) is 60.6 Å². The van der Waals surface area contributed by atoms with Crippen molar-refractivity contribution in [3.63, 3.8) is 0 Å². The zero-order valence-corrected chi connectivity index (χ0v) is 24.0. The maximum absolute atomic E-state index is 12.3. The van der Waals surface area contributed by atoms with Crippen molar-refractivity contribution in [3.05, 3.63) is 91.7 Å². The number of hydrogen-bond donors (Lipinski definition) is 0. The number of rotatable bonds is 12. The van der Waals surface area contributed by atoms with Crippen LogP contribution in [0.4, 0.5) is 0 Å². The molecule has 0 aliphatic heterocycles. The van der Waals surface area contributed by atoms with E-state index in [2.05, 4.69) is 30.0 Å². The highest BCUT2D eigenvalue weighted by atomic mass is 35.5. The number of methoxy groups -OCH3 is 1. The Labute approximate surface area is 235 Å². The largest absolute Gasteiger partial charge is 0.493 e. The van der Waals surface area contributed by atoms with Crippen LogP contribution in [-0.2, 0) is 20.1 Å². The molecular weight excluding hydrogens is 514 g/mol. The average molecular weight is 554 g/mol. The van der Waals surface area contributed by atoms with E-state index in [0.29, 0.717) is 17.4 Å². The molecule has 3 aromatic rings. The lowest BCUT2D eigenvalue weighted by Gasteiger charge is -2.36. The van der Waals surface area contributed by atoms with E-state index in [1.54, 1.807) is 14.2 Å². The van der Waals surface area contributed by atoms with Crippen LogP contribution >= 0.6 is 11.6 Å². The van der Waals surface area contributed by atoms with Gasteiger partial charge < -0.3 is 14.0 Å². The SMILES string of the molecule is CCC(c1ccc(Cl)cc1)N(Cc1ccc(OCCn2c(=O)ccn(C)c2=O)c(OC)c1)CC1CCCCC1. The van der Waals surface area contributed by atoms with Crippen molar-refractivity contribution in [2.24, 2.45) is 13.0 Å². The van der Waals surface area contributed by atoms with Crippen LogP contribution < -0.4 is 20.7 Å². The van der Waals surface area contributed by atoms with E-state index in [0.717, 1.165) is 30.1 Å². The maximum atomic E-state index is 12.3. The van der Waals surface area contributed by atoms with E-state index in [-0.39, 0.29) is 30.4 Å². The molecule has 0 amide bonds. The summed E-state index contributed by atoms with van der Waals surface area (Å²) in [6.07, 6.45) is 9.03. The topological polar surface area (TPSA) is 65.7 Å². The summed E-state index contributed by atoms with van der Waals surface area (Å²) >= 11 is 6.19. The first kappa shape index (κ1) is 29.0. The van der Waals surface area contributed by atoms with Crippen LogP contribution in [0.25, 0.3) is 0 Å². The molecule has 0 bridgehead atoms. The minimum atomic E-state index is -0.363. The Kier molecular flexibility index (Phi) is 10.3. The molecular formula is C31H40ClN3O4. The van der Waals surface area contributed by atoms with Gasteiger partial charge in [0, 0.05) is 43.5 Å². The van der Waals surface area contributed by atoms with E-state index in [1.165, 1.54) is 59.1 Å². The normalized spacial score (nSPS) is 14.9. The number of ether oxygens (including phenoxy) is 2. The van der Waals surface area contributed by atoms with Crippen molar-refractivity contribution >= 4 is 11.6 Å². The van der Waals surface area contributed by atoms with Gasteiger partial charge in [-0.25, -0.2) is 4.79 Å². The highest BCUT2D eigenvalue weighted by Crippen LogP contribution is 2.34. The van der Waals surface area contributed by atoms with Gasteiger partial charge in [0.1, 0.15) is 6.61 Å². The Morgan fingerprint density at radius 3 is 2.46 bits per heavy atom. The third-order valence-electron chi connectivity index (χ3n) is 7.73. The van der Waals surface area contributed by atoms with E-state index in [4.69, 9.17) is 21.1 Å². The fourth-order valence-corrected chi connectivity index (χ4v) is 5.75. The highest BCUT2D eigenvalue weighted by Gasteiger charge is 2.24. The second-order valence-corrected chi connectivity index (χ2v) is 10.9. The Morgan fingerprint density at radius 1 is 1.03 bits per heavy atom. The molecule has 1 atom stereocenters. The van der Waals surface area contributed by atoms with Crippen molar-refractivity contribution in [3.8, 4) is 11.5 Å². The molecule has 1 aliphatic rings. The summed E-state index contributed by atoms with van der Waals surface area (Å²) in [6.45, 7) is 4.44. The number of hydrogen-bond acceptors (Lipinski definition) is 5. The van der Waals surface area contributed by atoms with Crippen molar-refractivity contribution in [1.82, 2.24) is 14.0 Å². The van der Waals surface area contributed by atoms with Crippen LogP contribution in [0, 0.1) is 5.92 Å². The fourth-order valence-electron chi connectivity index (χ4n) is 5.62. The van der Waals surface area contributed by atoms with Crippen molar-refractivity contribution in [2.45, 2.75) is 64.6 Å². The molecule has 1 saturated carbocycles. The summed E-state index contributed by atoms with van der Waals surface area (Å²) in [7, 11) is 3.25. The van der Waals surface area contributed by atoms with E-state index < -0.39 is 0 Å². The predicted molar refractivity (Wildman–Crippen MR) is 156 cm³/mol. The summed E-state index contributed by atoms with van der Waals surface area (Å²) in [5.74, 6) is 1.93. The molecule has 1 unspecified atom stereocenters. The monoisotopic (exact) mass is 553 g/mol. The van der Waals surface area contributed by atoms with Gasteiger partial charge in [-0.3, -0.25) is 14.3 Å². The number of nitrogens with zero attached hydrogens (tertiary/aromatic N) is 3. The molecule has 0 saturated heterocycles. The lowest BCUT2D eigenvalue weighted by molar-refractivity contribution is 0.136. The number of halogens is 1. The van der Waals surface area contributed by atoms with Crippen LogP contribution in [-0.4, -0.2) is 34.3 Å². The Bertz CT molecular complexity index is 1330. The zero-order valence-electron chi connectivity index (χ0n) is 23.3. The molecule has 39 heavy (non-hydrogen) atoms. The predicted octanol–water partition coefficient (Wildman–Crippen LogP) is 5.82. The summed E-state index contributed by atoms with van der Waals surface area (Å²) in [6, 6.07) is 15.9. The minimum absolute atomic E-state index is 0.158. The number of aromatic nitrogens is 2. The smallest absolute Gasteiger partial charge is 0.330 e. The van der Waals surface area contributed by atoms with E-state index >= 15 is 0 Å². The van der Waals surface area contributed by atoms with E-state index in [9.17, 15) is 9.59 Å². The van der Waals surface area contributed by atoms with Crippen LogP contribution in [0.15, 0.2) is 64.3 Å². The molecule has 7 nitrogen and oxygen atoms in total. The Hall–Kier alpha value is -3.03. The molecule has 1 fully saturated rings. The lowest BCUT2D eigenvalue weighted by atomic mass is 9.88. The van der Waals surface area contributed by atoms with Crippen LogP contribution in [0.3, 0.4) is 0 Å². The Morgan fingerprint density at radius 2 is 1.77 bits per heavy atom. The highest BCUT2D eigenvalue weighted by molar-refractivity contribution is 6.30. The fraction of sp³-hybridized carbons (Fsp3) is 0.484. The molecule has 0 N–H and O–H groups in total. The summed E-state index contributed by atoms with van der Waals surface area (Å²) in [4.78, 5) is 27.0. The van der Waals surface area contributed by atoms with Gasteiger partial charge in [0.25, 0.3) is 5.56 Å². The van der Waals surface area contributed by atoms with Crippen LogP contribution in [0.1, 0.15) is 62.6 Å². The molecule has 4 rings (SSSR count). The van der Waals surface area contributed by atoms with Crippen molar-refractivity contribution in [2.75, 3.05) is 20.3 Å². The summed E-state index contributed by atoms with van der Waals surface area (Å²) in [5.41, 5.74) is 1.73. The molecule has 1 heterocycles.